The fourth-order valence-electron chi connectivity index (χ4n) is 5.03. The number of fused-ring (bicyclic) bond motifs is 2. The third kappa shape index (κ3) is 4.62. The summed E-state index contributed by atoms with van der Waals surface area (Å²) in [5.74, 6) is 0.340. The van der Waals surface area contributed by atoms with E-state index in [4.69, 9.17) is 8.83 Å². The maximum absolute atomic E-state index is 13.1. The predicted octanol–water partition coefficient (Wildman–Crippen LogP) is 8.11. The highest BCUT2D eigenvalue weighted by molar-refractivity contribution is 5.92. The quantitative estimate of drug-likeness (QED) is 0.195. The molecule has 0 saturated heterocycles. The van der Waals surface area contributed by atoms with Gasteiger partial charge in [-0.05, 0) is 60.2 Å². The van der Waals surface area contributed by atoms with Crippen molar-refractivity contribution in [2.75, 3.05) is 4.90 Å². The van der Waals surface area contributed by atoms with Crippen LogP contribution in [0.2, 0.25) is 0 Å². The first-order valence-electron chi connectivity index (χ1n) is 13.2. The SMILES string of the molecule is C=Cc1c(C(=C)C(=C)/C=c2\c(=C)oc3cc(N(c4ccccc4)c4ccccc4)ccc23)oc2ccccc2c1=O. The minimum Gasteiger partial charge on any atom is -0.457 e. The van der Waals surface area contributed by atoms with Crippen LogP contribution in [0, 0.1) is 0 Å². The Morgan fingerprint density at radius 2 is 1.34 bits per heavy atom. The first kappa shape index (κ1) is 25.7. The molecular weight excluding hydrogens is 506 g/mol. The highest BCUT2D eigenvalue weighted by Crippen LogP contribution is 2.35. The van der Waals surface area contributed by atoms with Gasteiger partial charge in [-0.25, -0.2) is 0 Å². The molecule has 0 bridgehead atoms. The van der Waals surface area contributed by atoms with Gasteiger partial charge in [-0.3, -0.25) is 4.79 Å². The molecule has 2 aromatic heterocycles. The number of allylic oxidation sites excluding steroid dienone is 2. The number of para-hydroxylation sites is 3. The van der Waals surface area contributed by atoms with E-state index in [0.717, 1.165) is 27.7 Å². The Balaban J connectivity index is 1.43. The van der Waals surface area contributed by atoms with Gasteiger partial charge in [0.25, 0.3) is 0 Å². The molecule has 41 heavy (non-hydrogen) atoms. The Morgan fingerprint density at radius 3 is 2.00 bits per heavy atom. The van der Waals surface area contributed by atoms with Gasteiger partial charge in [-0.2, -0.15) is 0 Å². The molecule has 4 aromatic carbocycles. The van der Waals surface area contributed by atoms with Crippen LogP contribution in [0.1, 0.15) is 11.3 Å². The Kier molecular flexibility index (Phi) is 6.58. The van der Waals surface area contributed by atoms with E-state index in [1.807, 2.05) is 60.7 Å². The molecule has 2 heterocycles. The summed E-state index contributed by atoms with van der Waals surface area (Å²) < 4.78 is 12.3. The van der Waals surface area contributed by atoms with E-state index < -0.39 is 0 Å². The molecule has 0 fully saturated rings. The molecule has 6 rings (SSSR count). The summed E-state index contributed by atoms with van der Waals surface area (Å²) in [5, 5.41) is 2.16. The summed E-state index contributed by atoms with van der Waals surface area (Å²) in [6, 6.07) is 33.6. The van der Waals surface area contributed by atoms with Gasteiger partial charge >= 0.3 is 0 Å². The standard InChI is InChI=1S/C37H27NO3/c1-5-30-36(39)32-18-12-13-19-34(32)41-37(30)25(3)24(2)22-33-26(4)40-35-23-29(20-21-31(33)35)38(27-14-8-6-9-15-27)28-16-10-7-11-17-28/h5-23H,1-4H2/b33-22+. The van der Waals surface area contributed by atoms with Crippen LogP contribution in [0.25, 0.3) is 46.2 Å². The van der Waals surface area contributed by atoms with Crippen molar-refractivity contribution in [3.8, 4) is 0 Å². The van der Waals surface area contributed by atoms with E-state index in [1.165, 1.54) is 6.08 Å². The third-order valence-electron chi connectivity index (χ3n) is 7.09. The number of rotatable bonds is 7. The van der Waals surface area contributed by atoms with E-state index in [9.17, 15) is 4.79 Å². The number of furan rings is 1. The highest BCUT2D eigenvalue weighted by Gasteiger charge is 2.17. The average molecular weight is 534 g/mol. The summed E-state index contributed by atoms with van der Waals surface area (Å²) in [4.78, 5) is 15.3. The fourth-order valence-corrected chi connectivity index (χ4v) is 5.03. The molecule has 0 radical (unpaired) electrons. The van der Waals surface area contributed by atoms with Gasteiger partial charge < -0.3 is 13.7 Å². The molecule has 0 amide bonds. The molecule has 0 saturated carbocycles. The van der Waals surface area contributed by atoms with Crippen LogP contribution in [-0.2, 0) is 0 Å². The lowest BCUT2D eigenvalue weighted by molar-refractivity contribution is 0.577. The van der Waals surface area contributed by atoms with Crippen molar-refractivity contribution in [3.63, 3.8) is 0 Å². The summed E-state index contributed by atoms with van der Waals surface area (Å²) in [5.41, 5.74) is 5.93. The van der Waals surface area contributed by atoms with Gasteiger partial charge in [-0.1, -0.05) is 80.9 Å². The van der Waals surface area contributed by atoms with Gasteiger partial charge in [0.15, 0.2) is 0 Å². The minimum atomic E-state index is -0.161. The summed E-state index contributed by atoms with van der Waals surface area (Å²) in [7, 11) is 0. The lowest BCUT2D eigenvalue weighted by Gasteiger charge is -2.25. The Labute approximate surface area is 237 Å². The van der Waals surface area contributed by atoms with Crippen molar-refractivity contribution >= 4 is 63.3 Å². The molecular formula is C37H27NO3. The number of anilines is 3. The number of nitrogens with zero attached hydrogens (tertiary/aromatic N) is 1. The summed E-state index contributed by atoms with van der Waals surface area (Å²) in [6.07, 6.45) is 3.36. The smallest absolute Gasteiger partial charge is 0.200 e. The van der Waals surface area contributed by atoms with Crippen LogP contribution < -0.4 is 21.0 Å². The lowest BCUT2D eigenvalue weighted by Crippen LogP contribution is -2.18. The van der Waals surface area contributed by atoms with Crippen LogP contribution in [0.4, 0.5) is 17.1 Å². The summed E-state index contributed by atoms with van der Waals surface area (Å²) >= 11 is 0. The normalized spacial score (nSPS) is 11.6. The Morgan fingerprint density at radius 1 is 0.707 bits per heavy atom. The van der Waals surface area contributed by atoms with E-state index in [2.05, 4.69) is 61.5 Å². The monoisotopic (exact) mass is 533 g/mol. The van der Waals surface area contributed by atoms with Crippen molar-refractivity contribution < 1.29 is 8.83 Å². The van der Waals surface area contributed by atoms with Gasteiger partial charge in [0.1, 0.15) is 22.3 Å². The second-order valence-corrected chi connectivity index (χ2v) is 9.65. The molecule has 0 N–H and O–H groups in total. The zero-order valence-corrected chi connectivity index (χ0v) is 22.5. The van der Waals surface area contributed by atoms with Crippen molar-refractivity contribution in [1.82, 2.24) is 0 Å². The molecule has 0 atom stereocenters. The van der Waals surface area contributed by atoms with Crippen molar-refractivity contribution in [1.29, 1.82) is 0 Å². The van der Waals surface area contributed by atoms with Gasteiger partial charge in [0.05, 0.1) is 10.9 Å². The molecule has 0 aliphatic rings. The topological polar surface area (TPSA) is 46.6 Å². The van der Waals surface area contributed by atoms with Crippen molar-refractivity contribution in [2.45, 2.75) is 0 Å². The first-order valence-corrected chi connectivity index (χ1v) is 13.2. The lowest BCUT2D eigenvalue weighted by atomic mass is 9.99. The second kappa shape index (κ2) is 10.5. The molecule has 0 spiro atoms. The van der Waals surface area contributed by atoms with Crippen LogP contribution >= 0.6 is 0 Å². The third-order valence-corrected chi connectivity index (χ3v) is 7.09. The maximum atomic E-state index is 13.1. The molecule has 0 aliphatic heterocycles. The largest absolute Gasteiger partial charge is 0.457 e. The zero-order valence-electron chi connectivity index (χ0n) is 22.5. The van der Waals surface area contributed by atoms with E-state index in [0.29, 0.717) is 44.4 Å². The van der Waals surface area contributed by atoms with Crippen molar-refractivity contribution in [2.24, 2.45) is 0 Å². The Bertz CT molecular complexity index is 2090. The molecule has 0 aliphatic carbocycles. The van der Waals surface area contributed by atoms with Crippen LogP contribution in [0.15, 0.2) is 142 Å². The van der Waals surface area contributed by atoms with Gasteiger partial charge in [0.2, 0.25) is 5.43 Å². The highest BCUT2D eigenvalue weighted by atomic mass is 16.3. The van der Waals surface area contributed by atoms with Crippen LogP contribution in [-0.4, -0.2) is 0 Å². The summed E-state index contributed by atoms with van der Waals surface area (Å²) in [6.45, 7) is 16.4. The minimum absolute atomic E-state index is 0.161. The number of hydrogen-bond donors (Lipinski definition) is 0. The molecule has 4 heteroatoms. The van der Waals surface area contributed by atoms with Crippen molar-refractivity contribution in [3.05, 3.63) is 161 Å². The molecule has 6 aromatic rings. The maximum Gasteiger partial charge on any atom is 0.200 e. The zero-order chi connectivity index (χ0) is 28.5. The van der Waals surface area contributed by atoms with Gasteiger partial charge in [0, 0.05) is 39.3 Å². The van der Waals surface area contributed by atoms with E-state index in [1.54, 1.807) is 18.2 Å². The first-order chi connectivity index (χ1) is 20.0. The molecule has 4 nitrogen and oxygen atoms in total. The van der Waals surface area contributed by atoms with Crippen LogP contribution in [0.3, 0.4) is 0 Å². The second-order valence-electron chi connectivity index (χ2n) is 9.65. The van der Waals surface area contributed by atoms with Gasteiger partial charge in [-0.15, -0.1) is 0 Å². The fraction of sp³-hybridized carbons (Fsp3) is 0. The Hall–Kier alpha value is -5.61. The number of hydrogen-bond acceptors (Lipinski definition) is 4. The molecule has 198 valence electrons. The predicted molar refractivity (Wildman–Crippen MR) is 171 cm³/mol. The number of benzene rings is 4. The van der Waals surface area contributed by atoms with Crippen LogP contribution in [0.5, 0.6) is 0 Å². The average Bonchev–Trinajstić information content (AvgIpc) is 3.31. The molecule has 0 unspecified atom stereocenters. The van der Waals surface area contributed by atoms with E-state index in [-0.39, 0.29) is 5.43 Å². The van der Waals surface area contributed by atoms with E-state index >= 15 is 0 Å².